The van der Waals surface area contributed by atoms with Crippen molar-refractivity contribution in [3.63, 3.8) is 0 Å². The van der Waals surface area contributed by atoms with Crippen LogP contribution in [0.5, 0.6) is 17.2 Å². The largest absolute Gasteiger partial charge is 0.505 e. The monoisotopic (exact) mass is 328 g/mol. The molecule has 2 atom stereocenters. The van der Waals surface area contributed by atoms with Crippen molar-refractivity contribution in [1.29, 1.82) is 0 Å². The number of esters is 2. The Morgan fingerprint density at radius 1 is 1.22 bits per heavy atom. The first kappa shape index (κ1) is 16.4. The molecule has 0 saturated heterocycles. The highest BCUT2D eigenvalue weighted by atomic mass is 16.6. The van der Waals surface area contributed by atoms with Crippen molar-refractivity contribution >= 4 is 11.9 Å². The van der Waals surface area contributed by atoms with Crippen LogP contribution in [0.1, 0.15) is 10.4 Å². The molecular formula is C13H12O10. The molecule has 23 heavy (non-hydrogen) atoms. The number of hydrogen-bond donors (Lipinski definition) is 6. The fraction of sp³-hybridized carbons (Fsp3) is 0.231. The van der Waals surface area contributed by atoms with E-state index in [1.807, 2.05) is 0 Å². The standard InChI is InChI=1S/C13H12O10/c14-3-7(17)10-9(19)11(13(21)22-10)23-12(20)4-1-5(15)8(18)6(16)2-4/h1-2,7,10,14-19H,3H2/t7-,10+/m0/s1. The number of phenolic OH excluding ortho intramolecular Hbond substituents is 3. The van der Waals surface area contributed by atoms with Crippen LogP contribution in [0.15, 0.2) is 23.7 Å². The number of rotatable bonds is 4. The molecule has 10 nitrogen and oxygen atoms in total. The molecule has 0 fully saturated rings. The van der Waals surface area contributed by atoms with Crippen molar-refractivity contribution in [2.45, 2.75) is 12.2 Å². The summed E-state index contributed by atoms with van der Waals surface area (Å²) >= 11 is 0. The number of hydrogen-bond acceptors (Lipinski definition) is 10. The van der Waals surface area contributed by atoms with Crippen molar-refractivity contribution in [3.8, 4) is 17.2 Å². The zero-order chi connectivity index (χ0) is 17.3. The van der Waals surface area contributed by atoms with E-state index in [2.05, 4.69) is 9.47 Å². The normalized spacial score (nSPS) is 18.7. The number of cyclic esters (lactones) is 1. The quantitative estimate of drug-likeness (QED) is 0.297. The maximum absolute atomic E-state index is 11.9. The Bertz CT molecular complexity index is 669. The summed E-state index contributed by atoms with van der Waals surface area (Å²) in [6, 6.07) is 1.52. The summed E-state index contributed by atoms with van der Waals surface area (Å²) < 4.78 is 9.17. The molecule has 1 aliphatic heterocycles. The fourth-order valence-electron chi connectivity index (χ4n) is 1.78. The zero-order valence-corrected chi connectivity index (χ0v) is 11.3. The molecule has 1 aromatic rings. The molecule has 0 bridgehead atoms. The highest BCUT2D eigenvalue weighted by molar-refractivity contribution is 5.97. The van der Waals surface area contributed by atoms with Crippen LogP contribution in [-0.4, -0.2) is 61.4 Å². The molecule has 6 N–H and O–H groups in total. The lowest BCUT2D eigenvalue weighted by atomic mass is 10.1. The van der Waals surface area contributed by atoms with Gasteiger partial charge in [0.1, 0.15) is 6.10 Å². The van der Waals surface area contributed by atoms with Gasteiger partial charge in [0.25, 0.3) is 5.76 Å². The first-order valence-corrected chi connectivity index (χ1v) is 6.16. The maximum Gasteiger partial charge on any atom is 0.378 e. The van der Waals surface area contributed by atoms with Gasteiger partial charge in [0.2, 0.25) is 0 Å². The van der Waals surface area contributed by atoms with Gasteiger partial charge in [-0.1, -0.05) is 0 Å². The molecule has 10 heteroatoms. The van der Waals surface area contributed by atoms with E-state index in [1.165, 1.54) is 0 Å². The Labute approximate surface area is 128 Å². The van der Waals surface area contributed by atoms with Crippen molar-refractivity contribution in [2.75, 3.05) is 6.61 Å². The second-order valence-electron chi connectivity index (χ2n) is 4.54. The molecular weight excluding hydrogens is 316 g/mol. The molecule has 124 valence electrons. The highest BCUT2D eigenvalue weighted by Gasteiger charge is 2.41. The van der Waals surface area contributed by atoms with E-state index in [0.717, 1.165) is 12.1 Å². The Kier molecular flexibility index (Phi) is 4.29. The van der Waals surface area contributed by atoms with Gasteiger partial charge in [-0.3, -0.25) is 0 Å². The second-order valence-corrected chi connectivity index (χ2v) is 4.54. The van der Waals surface area contributed by atoms with Gasteiger partial charge in [-0.05, 0) is 12.1 Å². The Balaban J connectivity index is 2.26. The van der Waals surface area contributed by atoms with Crippen LogP contribution in [-0.2, 0) is 14.3 Å². The van der Waals surface area contributed by atoms with Crippen LogP contribution in [0.3, 0.4) is 0 Å². The molecule has 0 spiro atoms. The molecule has 0 aliphatic carbocycles. The van der Waals surface area contributed by atoms with Crippen molar-refractivity contribution in [3.05, 3.63) is 29.2 Å². The van der Waals surface area contributed by atoms with Gasteiger partial charge in [-0.2, -0.15) is 0 Å². The number of aliphatic hydroxyl groups is 3. The van der Waals surface area contributed by atoms with E-state index >= 15 is 0 Å². The van der Waals surface area contributed by atoms with E-state index in [4.69, 9.17) is 5.11 Å². The zero-order valence-electron chi connectivity index (χ0n) is 11.3. The summed E-state index contributed by atoms with van der Waals surface area (Å²) in [4.78, 5) is 23.4. The van der Waals surface area contributed by atoms with Crippen molar-refractivity contribution in [2.24, 2.45) is 0 Å². The highest BCUT2D eigenvalue weighted by Crippen LogP contribution is 2.36. The number of aromatic hydroxyl groups is 3. The van der Waals surface area contributed by atoms with Gasteiger partial charge in [-0.25, -0.2) is 9.59 Å². The summed E-state index contributed by atoms with van der Waals surface area (Å²) in [6.45, 7) is -0.817. The SMILES string of the molecule is O=C1O[C@H]([C@@H](O)CO)C(O)=C1OC(=O)c1cc(O)c(O)c(O)c1. The van der Waals surface area contributed by atoms with Gasteiger partial charge in [-0.15, -0.1) is 0 Å². The summed E-state index contributed by atoms with van der Waals surface area (Å²) in [5, 5.41) is 55.6. The molecule has 0 amide bonds. The van der Waals surface area contributed by atoms with Gasteiger partial charge in [0, 0.05) is 0 Å². The average molecular weight is 328 g/mol. The number of benzene rings is 1. The van der Waals surface area contributed by atoms with Crippen LogP contribution in [0, 0.1) is 0 Å². The Morgan fingerprint density at radius 3 is 2.30 bits per heavy atom. The van der Waals surface area contributed by atoms with Gasteiger partial charge < -0.3 is 40.1 Å². The van der Waals surface area contributed by atoms with Gasteiger partial charge in [0.15, 0.2) is 29.1 Å². The third-order valence-corrected chi connectivity index (χ3v) is 2.96. The molecule has 0 saturated carbocycles. The van der Waals surface area contributed by atoms with E-state index < -0.39 is 65.1 Å². The molecule has 2 rings (SSSR count). The fourth-order valence-corrected chi connectivity index (χ4v) is 1.78. The molecule has 0 radical (unpaired) electrons. The topological polar surface area (TPSA) is 174 Å². The number of carbonyl (C=O) groups is 2. The lowest BCUT2D eigenvalue weighted by Crippen LogP contribution is -2.31. The van der Waals surface area contributed by atoms with Crippen molar-refractivity contribution < 1.29 is 49.7 Å². The minimum atomic E-state index is -1.61. The van der Waals surface area contributed by atoms with E-state index in [0.29, 0.717) is 0 Å². The average Bonchev–Trinajstić information content (AvgIpc) is 2.79. The minimum absolute atomic E-state index is 0.433. The first-order chi connectivity index (χ1) is 10.8. The third kappa shape index (κ3) is 2.98. The van der Waals surface area contributed by atoms with Crippen LogP contribution in [0.2, 0.25) is 0 Å². The van der Waals surface area contributed by atoms with Crippen molar-refractivity contribution in [1.82, 2.24) is 0 Å². The number of aliphatic hydroxyl groups excluding tert-OH is 3. The molecule has 1 heterocycles. The third-order valence-electron chi connectivity index (χ3n) is 2.96. The molecule has 1 aromatic carbocycles. The summed E-state index contributed by atoms with van der Waals surface area (Å²) in [5.74, 6) is -6.77. The summed E-state index contributed by atoms with van der Waals surface area (Å²) in [5.41, 5.74) is -0.433. The molecule has 0 unspecified atom stereocenters. The number of phenols is 3. The number of ether oxygens (including phenoxy) is 2. The van der Waals surface area contributed by atoms with E-state index in [1.54, 1.807) is 0 Å². The Hall–Kier alpha value is -2.98. The van der Waals surface area contributed by atoms with Crippen LogP contribution in [0.4, 0.5) is 0 Å². The van der Waals surface area contributed by atoms with Gasteiger partial charge in [0.05, 0.1) is 12.2 Å². The second kappa shape index (κ2) is 6.02. The van der Waals surface area contributed by atoms with Crippen LogP contribution < -0.4 is 0 Å². The minimum Gasteiger partial charge on any atom is -0.505 e. The lowest BCUT2D eigenvalue weighted by molar-refractivity contribution is -0.147. The van der Waals surface area contributed by atoms with Gasteiger partial charge >= 0.3 is 11.9 Å². The Morgan fingerprint density at radius 2 is 1.78 bits per heavy atom. The predicted molar refractivity (Wildman–Crippen MR) is 69.5 cm³/mol. The predicted octanol–water partition coefficient (Wildman–Crippen LogP) is -0.992. The molecule has 1 aliphatic rings. The van der Waals surface area contributed by atoms with Crippen LogP contribution >= 0.6 is 0 Å². The first-order valence-electron chi connectivity index (χ1n) is 6.16. The van der Waals surface area contributed by atoms with E-state index in [9.17, 15) is 35.1 Å². The number of carbonyl (C=O) groups excluding carboxylic acids is 2. The smallest absolute Gasteiger partial charge is 0.378 e. The summed E-state index contributed by atoms with van der Waals surface area (Å²) in [7, 11) is 0. The maximum atomic E-state index is 11.9. The van der Waals surface area contributed by atoms with E-state index in [-0.39, 0.29) is 0 Å². The lowest BCUT2D eigenvalue weighted by Gasteiger charge is -2.13. The van der Waals surface area contributed by atoms with Crippen LogP contribution in [0.25, 0.3) is 0 Å². The molecule has 0 aromatic heterocycles. The summed E-state index contributed by atoms with van der Waals surface area (Å²) in [6.07, 6.45) is -3.20.